The molecule has 23 heavy (non-hydrogen) atoms. The highest BCUT2D eigenvalue weighted by atomic mass is 16.3. The summed E-state index contributed by atoms with van der Waals surface area (Å²) in [7, 11) is 0. The van der Waals surface area contributed by atoms with Crippen molar-refractivity contribution in [3.63, 3.8) is 0 Å². The van der Waals surface area contributed by atoms with E-state index in [0.29, 0.717) is 11.4 Å². The fourth-order valence-electron chi connectivity index (χ4n) is 1.56. The third-order valence-corrected chi connectivity index (χ3v) is 2.70. The molecule has 0 unspecified atom stereocenters. The molecule has 1 aromatic carbocycles. The summed E-state index contributed by atoms with van der Waals surface area (Å²) in [6, 6.07) is 7.32. The van der Waals surface area contributed by atoms with Gasteiger partial charge >= 0.3 is 11.8 Å². The van der Waals surface area contributed by atoms with Gasteiger partial charge in [-0.1, -0.05) is 17.7 Å². The number of aryl methyl sites for hydroxylation is 1. The van der Waals surface area contributed by atoms with Crippen molar-refractivity contribution in [3.05, 3.63) is 29.8 Å². The number of aliphatic hydroxyl groups is 1. The summed E-state index contributed by atoms with van der Waals surface area (Å²) >= 11 is 0. The van der Waals surface area contributed by atoms with Crippen molar-refractivity contribution in [1.82, 2.24) is 10.7 Å². The molecule has 0 saturated heterocycles. The van der Waals surface area contributed by atoms with Gasteiger partial charge in [0.1, 0.15) is 0 Å². The van der Waals surface area contributed by atoms with Crippen molar-refractivity contribution in [2.75, 3.05) is 18.5 Å². The van der Waals surface area contributed by atoms with Crippen LogP contribution < -0.4 is 16.1 Å². The molecule has 0 saturated carbocycles. The Balaban J connectivity index is 2.43. The molecule has 8 nitrogen and oxygen atoms in total. The van der Waals surface area contributed by atoms with Crippen LogP contribution in [0.1, 0.15) is 18.9 Å². The first-order valence-corrected chi connectivity index (χ1v) is 7.01. The predicted molar refractivity (Wildman–Crippen MR) is 85.8 cm³/mol. The summed E-state index contributed by atoms with van der Waals surface area (Å²) in [6.07, 6.45) is -0.0214. The third kappa shape index (κ3) is 7.18. The Kier molecular flexibility index (Phi) is 7.41. The second kappa shape index (κ2) is 9.31. The van der Waals surface area contributed by atoms with Crippen LogP contribution in [0.25, 0.3) is 0 Å². The molecule has 0 spiro atoms. The number of hydrazone groups is 1. The summed E-state index contributed by atoms with van der Waals surface area (Å²) in [6.45, 7) is 3.22. The van der Waals surface area contributed by atoms with Gasteiger partial charge < -0.3 is 15.7 Å². The highest BCUT2D eigenvalue weighted by Crippen LogP contribution is 2.08. The maximum Gasteiger partial charge on any atom is 0.329 e. The van der Waals surface area contributed by atoms with Crippen molar-refractivity contribution in [1.29, 1.82) is 0 Å². The molecule has 0 aliphatic heterocycles. The van der Waals surface area contributed by atoms with Crippen molar-refractivity contribution in [2.45, 2.75) is 20.3 Å². The van der Waals surface area contributed by atoms with E-state index >= 15 is 0 Å². The van der Waals surface area contributed by atoms with Crippen LogP contribution in [0.15, 0.2) is 29.4 Å². The number of hydrogen-bond acceptors (Lipinski definition) is 5. The van der Waals surface area contributed by atoms with Gasteiger partial charge in [-0.05, 0) is 26.0 Å². The van der Waals surface area contributed by atoms with Gasteiger partial charge in [0, 0.05) is 17.9 Å². The number of carbonyl (C=O) groups is 3. The van der Waals surface area contributed by atoms with E-state index in [4.69, 9.17) is 5.11 Å². The number of nitrogens with one attached hydrogen (secondary N) is 3. The number of benzene rings is 1. The average Bonchev–Trinajstić information content (AvgIpc) is 2.52. The molecule has 0 atom stereocenters. The molecular formula is C15H20N4O4. The zero-order chi connectivity index (χ0) is 17.2. The van der Waals surface area contributed by atoms with E-state index in [9.17, 15) is 14.4 Å². The fraction of sp³-hybridized carbons (Fsp3) is 0.333. The maximum absolute atomic E-state index is 11.8. The van der Waals surface area contributed by atoms with Gasteiger partial charge in [-0.25, -0.2) is 5.43 Å². The number of amides is 3. The second-order valence-corrected chi connectivity index (χ2v) is 4.86. The Morgan fingerprint density at radius 2 is 1.78 bits per heavy atom. The van der Waals surface area contributed by atoms with Gasteiger partial charge in [0.2, 0.25) is 5.91 Å². The lowest BCUT2D eigenvalue weighted by Gasteiger charge is -2.06. The van der Waals surface area contributed by atoms with Crippen LogP contribution in [0.5, 0.6) is 0 Å². The molecule has 0 radical (unpaired) electrons. The SMILES string of the molecule is C/C(CC(=O)Nc1ccc(C)cc1)=N/NC(=O)C(=O)NCCO. The monoisotopic (exact) mass is 320 g/mol. The van der Waals surface area contributed by atoms with Gasteiger partial charge in [-0.2, -0.15) is 5.10 Å². The zero-order valence-electron chi connectivity index (χ0n) is 13.0. The Bertz CT molecular complexity index is 596. The molecule has 0 aliphatic carbocycles. The Hall–Kier alpha value is -2.74. The first-order chi connectivity index (χ1) is 10.9. The minimum absolute atomic E-state index is 0.0199. The number of aliphatic hydroxyl groups excluding tert-OH is 1. The summed E-state index contributed by atoms with van der Waals surface area (Å²) in [5.41, 5.74) is 4.14. The normalized spacial score (nSPS) is 10.8. The molecule has 0 aromatic heterocycles. The van der Waals surface area contributed by atoms with Gasteiger partial charge in [0.05, 0.1) is 13.0 Å². The maximum atomic E-state index is 11.8. The fourth-order valence-corrected chi connectivity index (χ4v) is 1.56. The van der Waals surface area contributed by atoms with Crippen molar-refractivity contribution >= 4 is 29.1 Å². The van der Waals surface area contributed by atoms with E-state index < -0.39 is 11.8 Å². The summed E-state index contributed by atoms with van der Waals surface area (Å²) < 4.78 is 0. The topological polar surface area (TPSA) is 120 Å². The van der Waals surface area contributed by atoms with Gasteiger partial charge in [0.15, 0.2) is 0 Å². The van der Waals surface area contributed by atoms with E-state index in [1.807, 2.05) is 24.5 Å². The molecule has 0 aliphatic rings. The van der Waals surface area contributed by atoms with Crippen LogP contribution in [-0.2, 0) is 14.4 Å². The van der Waals surface area contributed by atoms with Crippen molar-refractivity contribution < 1.29 is 19.5 Å². The van der Waals surface area contributed by atoms with E-state index in [1.165, 1.54) is 0 Å². The first-order valence-electron chi connectivity index (χ1n) is 7.01. The molecule has 0 fully saturated rings. The summed E-state index contributed by atoms with van der Waals surface area (Å²) in [4.78, 5) is 34.4. The Labute approximate surface area is 134 Å². The van der Waals surface area contributed by atoms with Crippen molar-refractivity contribution in [2.24, 2.45) is 5.10 Å². The Morgan fingerprint density at radius 3 is 2.39 bits per heavy atom. The number of hydrogen-bond donors (Lipinski definition) is 4. The van der Waals surface area contributed by atoms with Gasteiger partial charge in [-0.15, -0.1) is 0 Å². The molecule has 1 aromatic rings. The van der Waals surface area contributed by atoms with Gasteiger partial charge in [-0.3, -0.25) is 14.4 Å². The lowest BCUT2D eigenvalue weighted by Crippen LogP contribution is -2.39. The molecule has 3 amide bonds. The van der Waals surface area contributed by atoms with E-state index in [-0.39, 0.29) is 25.5 Å². The van der Waals surface area contributed by atoms with Crippen molar-refractivity contribution in [3.8, 4) is 0 Å². The molecule has 0 heterocycles. The van der Waals surface area contributed by atoms with Crippen LogP contribution in [0.3, 0.4) is 0 Å². The van der Waals surface area contributed by atoms with Crippen LogP contribution in [-0.4, -0.2) is 41.7 Å². The van der Waals surface area contributed by atoms with Crippen LogP contribution >= 0.6 is 0 Å². The quantitative estimate of drug-likeness (QED) is 0.333. The lowest BCUT2D eigenvalue weighted by atomic mass is 10.2. The molecule has 0 bridgehead atoms. The van der Waals surface area contributed by atoms with Gasteiger partial charge in [0.25, 0.3) is 0 Å². The summed E-state index contributed by atoms with van der Waals surface area (Å²) in [5.74, 6) is -2.15. The minimum Gasteiger partial charge on any atom is -0.395 e. The highest BCUT2D eigenvalue weighted by Gasteiger charge is 2.12. The molecule has 8 heteroatoms. The first kappa shape index (κ1) is 18.3. The smallest absolute Gasteiger partial charge is 0.329 e. The summed E-state index contributed by atoms with van der Waals surface area (Å²) in [5, 5.41) is 17.1. The third-order valence-electron chi connectivity index (χ3n) is 2.70. The standard InChI is InChI=1S/C15H20N4O4/c1-10-3-5-12(6-4-10)17-13(21)9-11(2)18-19-15(23)14(22)16-7-8-20/h3-6,20H,7-9H2,1-2H3,(H,16,22)(H,17,21)(H,19,23)/b18-11-. The lowest BCUT2D eigenvalue weighted by molar-refractivity contribution is -0.139. The predicted octanol–water partition coefficient (Wildman–Crippen LogP) is -0.0758. The second-order valence-electron chi connectivity index (χ2n) is 4.86. The number of rotatable bonds is 6. The number of anilines is 1. The minimum atomic E-state index is -0.961. The molecular weight excluding hydrogens is 300 g/mol. The Morgan fingerprint density at radius 1 is 1.13 bits per heavy atom. The van der Waals surface area contributed by atoms with E-state index in [0.717, 1.165) is 5.56 Å². The molecule has 1 rings (SSSR count). The number of carbonyl (C=O) groups excluding carboxylic acids is 3. The largest absolute Gasteiger partial charge is 0.395 e. The number of nitrogens with zero attached hydrogens (tertiary/aromatic N) is 1. The van der Waals surface area contributed by atoms with Crippen LogP contribution in [0.2, 0.25) is 0 Å². The molecule has 4 N–H and O–H groups in total. The van der Waals surface area contributed by atoms with E-state index in [2.05, 4.69) is 15.7 Å². The van der Waals surface area contributed by atoms with Crippen LogP contribution in [0, 0.1) is 6.92 Å². The highest BCUT2D eigenvalue weighted by molar-refractivity contribution is 6.35. The zero-order valence-corrected chi connectivity index (χ0v) is 13.0. The van der Waals surface area contributed by atoms with E-state index in [1.54, 1.807) is 19.1 Å². The average molecular weight is 320 g/mol. The van der Waals surface area contributed by atoms with Crippen LogP contribution in [0.4, 0.5) is 5.69 Å². The molecule has 124 valence electrons.